The van der Waals surface area contributed by atoms with E-state index in [0.717, 1.165) is 44.1 Å². The molecule has 1 fully saturated rings. The first kappa shape index (κ1) is 14.8. The summed E-state index contributed by atoms with van der Waals surface area (Å²) >= 11 is 0. The van der Waals surface area contributed by atoms with Gasteiger partial charge in [0.25, 0.3) is 0 Å². The largest absolute Gasteiger partial charge is 0.376 e. The summed E-state index contributed by atoms with van der Waals surface area (Å²) in [7, 11) is 0. The molecule has 0 aliphatic carbocycles. The molecule has 0 radical (unpaired) electrons. The Kier molecular flexibility index (Phi) is 5.80. The minimum Gasteiger partial charge on any atom is -0.376 e. The second-order valence-electron chi connectivity index (χ2n) is 4.84. The highest BCUT2D eigenvalue weighted by atomic mass is 19.1. The maximum absolute atomic E-state index is 12.8. The van der Waals surface area contributed by atoms with Crippen LogP contribution in [0.4, 0.5) is 4.39 Å². The minimum absolute atomic E-state index is 0.221. The Bertz CT molecular complexity index is 427. The van der Waals surface area contributed by atoms with Gasteiger partial charge < -0.3 is 15.4 Å². The molecule has 1 heterocycles. The van der Waals surface area contributed by atoms with Gasteiger partial charge >= 0.3 is 0 Å². The minimum atomic E-state index is -0.221. The highest BCUT2D eigenvalue weighted by Crippen LogP contribution is 2.10. The molecule has 2 rings (SSSR count). The lowest BCUT2D eigenvalue weighted by atomic mass is 10.2. The van der Waals surface area contributed by atoms with E-state index in [1.165, 1.54) is 12.1 Å². The van der Waals surface area contributed by atoms with Gasteiger partial charge in [-0.15, -0.1) is 0 Å². The van der Waals surface area contributed by atoms with Crippen molar-refractivity contribution in [1.29, 1.82) is 0 Å². The molecule has 0 spiro atoms. The van der Waals surface area contributed by atoms with Crippen LogP contribution in [0, 0.1) is 5.82 Å². The lowest BCUT2D eigenvalue weighted by Crippen LogP contribution is -2.41. The van der Waals surface area contributed by atoms with E-state index in [9.17, 15) is 4.39 Å². The highest BCUT2D eigenvalue weighted by molar-refractivity contribution is 5.79. The third kappa shape index (κ3) is 4.81. The van der Waals surface area contributed by atoms with Crippen LogP contribution in [-0.4, -0.2) is 31.8 Å². The number of hydrogen-bond acceptors (Lipinski definition) is 2. The van der Waals surface area contributed by atoms with Crippen molar-refractivity contribution in [3.63, 3.8) is 0 Å². The fraction of sp³-hybridized carbons (Fsp3) is 0.533. The summed E-state index contributed by atoms with van der Waals surface area (Å²) in [4.78, 5) is 4.49. The van der Waals surface area contributed by atoms with Gasteiger partial charge in [-0.05, 0) is 37.5 Å². The summed E-state index contributed by atoms with van der Waals surface area (Å²) < 4.78 is 18.4. The predicted octanol–water partition coefficient (Wildman–Crippen LogP) is 2.06. The molecule has 5 heteroatoms. The van der Waals surface area contributed by atoms with Crippen LogP contribution in [0.15, 0.2) is 29.3 Å². The first-order valence-corrected chi connectivity index (χ1v) is 7.16. The average molecular weight is 279 g/mol. The van der Waals surface area contributed by atoms with Crippen LogP contribution in [0.1, 0.15) is 25.3 Å². The van der Waals surface area contributed by atoms with Crippen LogP contribution in [0.3, 0.4) is 0 Å². The Morgan fingerprint density at radius 1 is 1.35 bits per heavy atom. The Hall–Kier alpha value is -1.62. The van der Waals surface area contributed by atoms with Gasteiger partial charge in [0.05, 0.1) is 12.6 Å². The van der Waals surface area contributed by atoms with Crippen molar-refractivity contribution in [1.82, 2.24) is 10.6 Å². The Labute approximate surface area is 119 Å². The van der Waals surface area contributed by atoms with E-state index in [1.807, 2.05) is 6.92 Å². The number of hydrogen-bond donors (Lipinski definition) is 2. The third-order valence-electron chi connectivity index (χ3n) is 3.20. The number of ether oxygens (including phenoxy) is 1. The van der Waals surface area contributed by atoms with Gasteiger partial charge in [-0.3, -0.25) is 0 Å². The summed E-state index contributed by atoms with van der Waals surface area (Å²) in [6.45, 7) is 4.99. The molecule has 0 saturated carbocycles. The van der Waals surface area contributed by atoms with Gasteiger partial charge in [0.15, 0.2) is 5.96 Å². The second-order valence-corrected chi connectivity index (χ2v) is 4.84. The molecule has 1 aliphatic heterocycles. The molecular weight excluding hydrogens is 257 g/mol. The maximum atomic E-state index is 12.8. The fourth-order valence-corrected chi connectivity index (χ4v) is 2.12. The van der Waals surface area contributed by atoms with Gasteiger partial charge in [-0.1, -0.05) is 12.1 Å². The highest BCUT2D eigenvalue weighted by Gasteiger charge is 2.15. The van der Waals surface area contributed by atoms with E-state index in [2.05, 4.69) is 15.6 Å². The van der Waals surface area contributed by atoms with Gasteiger partial charge in [-0.2, -0.15) is 0 Å². The van der Waals surface area contributed by atoms with E-state index >= 15 is 0 Å². The van der Waals surface area contributed by atoms with Gasteiger partial charge in [0.2, 0.25) is 0 Å². The second kappa shape index (κ2) is 7.85. The molecule has 20 heavy (non-hydrogen) atoms. The molecular formula is C15H22FN3O. The summed E-state index contributed by atoms with van der Waals surface area (Å²) in [6, 6.07) is 6.42. The molecule has 1 aromatic carbocycles. The van der Waals surface area contributed by atoms with Gasteiger partial charge in [0, 0.05) is 19.7 Å². The molecule has 0 aromatic heterocycles. The van der Waals surface area contributed by atoms with Crippen LogP contribution < -0.4 is 10.6 Å². The summed E-state index contributed by atoms with van der Waals surface area (Å²) in [5, 5.41) is 6.48. The average Bonchev–Trinajstić information content (AvgIpc) is 2.97. The third-order valence-corrected chi connectivity index (χ3v) is 3.20. The molecule has 1 aromatic rings. The zero-order valence-corrected chi connectivity index (χ0v) is 11.9. The Morgan fingerprint density at radius 2 is 2.15 bits per heavy atom. The monoisotopic (exact) mass is 279 g/mol. The molecule has 0 bridgehead atoms. The molecule has 1 atom stereocenters. The molecule has 1 unspecified atom stereocenters. The number of guanidine groups is 1. The molecule has 110 valence electrons. The Balaban J connectivity index is 1.85. The van der Waals surface area contributed by atoms with E-state index < -0.39 is 0 Å². The van der Waals surface area contributed by atoms with Crippen LogP contribution in [0.2, 0.25) is 0 Å². The summed E-state index contributed by atoms with van der Waals surface area (Å²) in [6.07, 6.45) is 2.52. The van der Waals surface area contributed by atoms with Crippen LogP contribution in [0.25, 0.3) is 0 Å². The maximum Gasteiger partial charge on any atom is 0.191 e. The van der Waals surface area contributed by atoms with E-state index in [-0.39, 0.29) is 11.9 Å². The van der Waals surface area contributed by atoms with Crippen molar-refractivity contribution in [3.8, 4) is 0 Å². The lowest BCUT2D eigenvalue weighted by molar-refractivity contribution is 0.114. The molecule has 2 N–H and O–H groups in total. The molecule has 4 nitrogen and oxygen atoms in total. The van der Waals surface area contributed by atoms with E-state index in [0.29, 0.717) is 6.54 Å². The predicted molar refractivity (Wildman–Crippen MR) is 78.2 cm³/mol. The number of benzene rings is 1. The van der Waals surface area contributed by atoms with Crippen molar-refractivity contribution < 1.29 is 9.13 Å². The van der Waals surface area contributed by atoms with Crippen molar-refractivity contribution in [2.45, 2.75) is 32.4 Å². The number of halogens is 1. The van der Waals surface area contributed by atoms with Crippen LogP contribution in [0.5, 0.6) is 0 Å². The van der Waals surface area contributed by atoms with Crippen molar-refractivity contribution >= 4 is 5.96 Å². The SMILES string of the molecule is CCNC(=NCc1ccc(F)cc1)NCC1CCCO1. The smallest absolute Gasteiger partial charge is 0.191 e. The van der Waals surface area contributed by atoms with Gasteiger partial charge in [-0.25, -0.2) is 9.38 Å². The standard InChI is InChI=1S/C15H22FN3O/c1-2-17-15(19-11-14-4-3-9-20-14)18-10-12-5-7-13(16)8-6-12/h5-8,14H,2-4,9-11H2,1H3,(H2,17,18,19). The quantitative estimate of drug-likeness (QED) is 0.640. The van der Waals surface area contributed by atoms with Crippen LogP contribution in [-0.2, 0) is 11.3 Å². The molecule has 1 saturated heterocycles. The van der Waals surface area contributed by atoms with Gasteiger partial charge in [0.1, 0.15) is 5.82 Å². The fourth-order valence-electron chi connectivity index (χ4n) is 2.12. The normalized spacial score (nSPS) is 19.1. The molecule has 1 aliphatic rings. The zero-order valence-electron chi connectivity index (χ0n) is 11.9. The number of rotatable bonds is 5. The number of nitrogens with zero attached hydrogens (tertiary/aromatic N) is 1. The zero-order chi connectivity index (χ0) is 14.2. The lowest BCUT2D eigenvalue weighted by Gasteiger charge is -2.14. The topological polar surface area (TPSA) is 45.7 Å². The van der Waals surface area contributed by atoms with Crippen molar-refractivity contribution in [2.24, 2.45) is 4.99 Å². The van der Waals surface area contributed by atoms with E-state index in [1.54, 1.807) is 12.1 Å². The summed E-state index contributed by atoms with van der Waals surface area (Å²) in [5.74, 6) is 0.550. The first-order valence-electron chi connectivity index (χ1n) is 7.16. The summed E-state index contributed by atoms with van der Waals surface area (Å²) in [5.41, 5.74) is 0.987. The van der Waals surface area contributed by atoms with Crippen molar-refractivity contribution in [2.75, 3.05) is 19.7 Å². The van der Waals surface area contributed by atoms with Crippen molar-refractivity contribution in [3.05, 3.63) is 35.6 Å². The number of nitrogens with one attached hydrogen (secondary N) is 2. The van der Waals surface area contributed by atoms with Crippen LogP contribution >= 0.6 is 0 Å². The first-order chi connectivity index (χ1) is 9.78. The Morgan fingerprint density at radius 3 is 2.80 bits per heavy atom. The van der Waals surface area contributed by atoms with E-state index in [4.69, 9.17) is 4.74 Å². The molecule has 0 amide bonds. The number of aliphatic imine (C=N–C) groups is 1.